The van der Waals surface area contributed by atoms with E-state index < -0.39 is 0 Å². The Morgan fingerprint density at radius 3 is 2.72 bits per heavy atom. The van der Waals surface area contributed by atoms with Gasteiger partial charge in [-0.3, -0.25) is 4.79 Å². The Hall–Kier alpha value is -1.85. The summed E-state index contributed by atoms with van der Waals surface area (Å²) in [6, 6.07) is 8.13. The molecule has 1 aromatic carbocycles. The lowest BCUT2D eigenvalue weighted by Gasteiger charge is -2.28. The summed E-state index contributed by atoms with van der Waals surface area (Å²) >= 11 is 5.98. The molecule has 2 heterocycles. The summed E-state index contributed by atoms with van der Waals surface area (Å²) in [5, 5.41) is 11.7. The molecule has 2 aromatic rings. The molecular weight excluding hydrogens is 336 g/mol. The summed E-state index contributed by atoms with van der Waals surface area (Å²) in [5.41, 5.74) is 2.47. The Morgan fingerprint density at radius 1 is 1.36 bits per heavy atom. The van der Waals surface area contributed by atoms with Crippen LogP contribution < -0.4 is 10.6 Å². The van der Waals surface area contributed by atoms with Crippen LogP contribution in [-0.2, 0) is 0 Å². The third-order valence-electron chi connectivity index (χ3n) is 4.63. The highest BCUT2D eigenvalue weighted by atomic mass is 35.5. The maximum atomic E-state index is 12.8. The van der Waals surface area contributed by atoms with Crippen LogP contribution in [0.1, 0.15) is 55.6 Å². The fourth-order valence-corrected chi connectivity index (χ4v) is 3.53. The summed E-state index contributed by atoms with van der Waals surface area (Å²) in [6.45, 7) is 7.24. The second-order valence-corrected chi connectivity index (χ2v) is 7.47. The molecule has 134 valence electrons. The molecule has 1 aromatic heterocycles. The standard InChI is InChI=1S/C19H25ClN4O/c1-12(2)18-17(19(25)23-15-8-9-21-13(3)10-15)11-22-24(18)16-6-4-14(20)5-7-16/h4-7,11-13,15,21H,8-10H2,1-3H3,(H,23,25). The van der Waals surface area contributed by atoms with Gasteiger partial charge in [0.05, 0.1) is 23.1 Å². The number of nitrogens with zero attached hydrogens (tertiary/aromatic N) is 2. The van der Waals surface area contributed by atoms with Crippen LogP contribution >= 0.6 is 11.6 Å². The van der Waals surface area contributed by atoms with Crippen LogP contribution in [0.25, 0.3) is 5.69 Å². The van der Waals surface area contributed by atoms with Crippen LogP contribution in [0.4, 0.5) is 0 Å². The van der Waals surface area contributed by atoms with E-state index in [0.29, 0.717) is 16.6 Å². The highest BCUT2D eigenvalue weighted by Crippen LogP contribution is 2.24. The number of aromatic nitrogens is 2. The lowest BCUT2D eigenvalue weighted by atomic mass is 9.99. The van der Waals surface area contributed by atoms with Gasteiger partial charge < -0.3 is 10.6 Å². The summed E-state index contributed by atoms with van der Waals surface area (Å²) in [5.74, 6) is 0.133. The number of benzene rings is 1. The molecule has 0 aliphatic carbocycles. The van der Waals surface area contributed by atoms with Crippen molar-refractivity contribution >= 4 is 17.5 Å². The summed E-state index contributed by atoms with van der Waals surface area (Å²) < 4.78 is 1.83. The van der Waals surface area contributed by atoms with E-state index in [9.17, 15) is 4.79 Å². The smallest absolute Gasteiger partial charge is 0.255 e. The molecular formula is C19H25ClN4O. The molecule has 1 fully saturated rings. The average Bonchev–Trinajstić information content (AvgIpc) is 3.01. The molecule has 2 atom stereocenters. The lowest BCUT2D eigenvalue weighted by molar-refractivity contribution is 0.0924. The van der Waals surface area contributed by atoms with Gasteiger partial charge in [0.1, 0.15) is 0 Å². The van der Waals surface area contributed by atoms with Gasteiger partial charge in [-0.15, -0.1) is 0 Å². The van der Waals surface area contributed by atoms with Gasteiger partial charge in [-0.25, -0.2) is 4.68 Å². The number of nitrogens with one attached hydrogen (secondary N) is 2. The zero-order chi connectivity index (χ0) is 18.0. The minimum Gasteiger partial charge on any atom is -0.349 e. The number of amides is 1. The van der Waals surface area contributed by atoms with Crippen LogP contribution in [0.2, 0.25) is 5.02 Å². The fraction of sp³-hybridized carbons (Fsp3) is 0.474. The van der Waals surface area contributed by atoms with Crippen molar-refractivity contribution in [2.24, 2.45) is 0 Å². The van der Waals surface area contributed by atoms with Crippen molar-refractivity contribution in [1.29, 1.82) is 0 Å². The monoisotopic (exact) mass is 360 g/mol. The third-order valence-corrected chi connectivity index (χ3v) is 4.88. The molecule has 1 aliphatic rings. The summed E-state index contributed by atoms with van der Waals surface area (Å²) in [6.07, 6.45) is 3.58. The van der Waals surface area contributed by atoms with Crippen molar-refractivity contribution in [1.82, 2.24) is 20.4 Å². The number of piperidine rings is 1. The summed E-state index contributed by atoms with van der Waals surface area (Å²) in [4.78, 5) is 12.8. The molecule has 0 spiro atoms. The number of hydrogen-bond acceptors (Lipinski definition) is 3. The highest BCUT2D eigenvalue weighted by Gasteiger charge is 2.25. The highest BCUT2D eigenvalue weighted by molar-refractivity contribution is 6.30. The first-order chi connectivity index (χ1) is 12.0. The zero-order valence-electron chi connectivity index (χ0n) is 14.9. The van der Waals surface area contributed by atoms with E-state index in [4.69, 9.17) is 11.6 Å². The van der Waals surface area contributed by atoms with Gasteiger partial charge in [0.15, 0.2) is 0 Å². The number of hydrogen-bond donors (Lipinski definition) is 2. The summed E-state index contributed by atoms with van der Waals surface area (Å²) in [7, 11) is 0. The van der Waals surface area contributed by atoms with E-state index in [1.54, 1.807) is 6.20 Å². The van der Waals surface area contributed by atoms with E-state index in [2.05, 4.69) is 36.5 Å². The molecule has 6 heteroatoms. The number of halogens is 1. The molecule has 3 rings (SSSR count). The predicted molar refractivity (Wildman–Crippen MR) is 101 cm³/mol. The van der Waals surface area contributed by atoms with Crippen LogP contribution in [0.15, 0.2) is 30.5 Å². The first-order valence-electron chi connectivity index (χ1n) is 8.83. The van der Waals surface area contributed by atoms with E-state index in [1.165, 1.54) is 0 Å². The Morgan fingerprint density at radius 2 is 2.08 bits per heavy atom. The molecule has 5 nitrogen and oxygen atoms in total. The Bertz CT molecular complexity index is 738. The van der Waals surface area contributed by atoms with Gasteiger partial charge in [0, 0.05) is 17.1 Å². The predicted octanol–water partition coefficient (Wildman–Crippen LogP) is 3.52. The van der Waals surface area contributed by atoms with Gasteiger partial charge in [-0.05, 0) is 56.5 Å². The second kappa shape index (κ2) is 7.58. The van der Waals surface area contributed by atoms with Crippen molar-refractivity contribution in [2.45, 2.75) is 51.6 Å². The number of carbonyl (C=O) groups is 1. The van der Waals surface area contributed by atoms with E-state index in [1.807, 2.05) is 28.9 Å². The molecule has 1 saturated heterocycles. The van der Waals surface area contributed by atoms with Crippen molar-refractivity contribution < 1.29 is 4.79 Å². The van der Waals surface area contributed by atoms with E-state index in [0.717, 1.165) is 30.8 Å². The topological polar surface area (TPSA) is 59.0 Å². The van der Waals surface area contributed by atoms with E-state index in [-0.39, 0.29) is 17.9 Å². The lowest BCUT2D eigenvalue weighted by Crippen LogP contribution is -2.46. The minimum absolute atomic E-state index is 0.0389. The van der Waals surface area contributed by atoms with Crippen LogP contribution in [-0.4, -0.2) is 34.3 Å². The first kappa shape index (κ1) is 18.0. The molecule has 0 bridgehead atoms. The largest absolute Gasteiger partial charge is 0.349 e. The van der Waals surface area contributed by atoms with E-state index >= 15 is 0 Å². The molecule has 0 saturated carbocycles. The van der Waals surface area contributed by atoms with Gasteiger partial charge in [-0.2, -0.15) is 5.10 Å². The maximum Gasteiger partial charge on any atom is 0.255 e. The van der Waals surface area contributed by atoms with Crippen molar-refractivity contribution in [3.8, 4) is 5.69 Å². The molecule has 2 unspecified atom stereocenters. The van der Waals surface area contributed by atoms with Gasteiger partial charge in [0.25, 0.3) is 5.91 Å². The molecule has 0 radical (unpaired) electrons. The molecule has 2 N–H and O–H groups in total. The van der Waals surface area contributed by atoms with Gasteiger partial charge in [0.2, 0.25) is 0 Å². The van der Waals surface area contributed by atoms with Crippen molar-refractivity contribution in [3.63, 3.8) is 0 Å². The van der Waals surface area contributed by atoms with Gasteiger partial charge >= 0.3 is 0 Å². The Balaban J connectivity index is 1.86. The fourth-order valence-electron chi connectivity index (χ4n) is 3.40. The SMILES string of the molecule is CC1CC(NC(=O)c2cnn(-c3ccc(Cl)cc3)c2C(C)C)CCN1. The number of carbonyl (C=O) groups excluding carboxylic acids is 1. The van der Waals surface area contributed by atoms with Crippen LogP contribution in [0.5, 0.6) is 0 Å². The molecule has 1 amide bonds. The molecule has 1 aliphatic heterocycles. The minimum atomic E-state index is -0.0389. The normalized spacial score (nSPS) is 20.7. The van der Waals surface area contributed by atoms with Crippen LogP contribution in [0.3, 0.4) is 0 Å². The maximum absolute atomic E-state index is 12.8. The quantitative estimate of drug-likeness (QED) is 0.877. The first-order valence-corrected chi connectivity index (χ1v) is 9.21. The zero-order valence-corrected chi connectivity index (χ0v) is 15.7. The van der Waals surface area contributed by atoms with Gasteiger partial charge in [-0.1, -0.05) is 25.4 Å². The Labute approximate surface area is 153 Å². The van der Waals surface area contributed by atoms with Crippen molar-refractivity contribution in [2.75, 3.05) is 6.54 Å². The molecule has 25 heavy (non-hydrogen) atoms. The van der Waals surface area contributed by atoms with Crippen molar-refractivity contribution in [3.05, 3.63) is 46.7 Å². The third kappa shape index (κ3) is 4.05. The number of rotatable bonds is 4. The average molecular weight is 361 g/mol. The second-order valence-electron chi connectivity index (χ2n) is 7.04. The Kier molecular flexibility index (Phi) is 5.45. The van der Waals surface area contributed by atoms with Crippen LogP contribution in [0, 0.1) is 0 Å².